The summed E-state index contributed by atoms with van der Waals surface area (Å²) in [6, 6.07) is 0.527. The second-order valence-electron chi connectivity index (χ2n) is 9.95. The largest absolute Gasteiger partial charge is 0.365 e. The predicted molar refractivity (Wildman–Crippen MR) is 147 cm³/mol. The van der Waals surface area contributed by atoms with Gasteiger partial charge in [0, 0.05) is 31.2 Å². The number of anilines is 1. The van der Waals surface area contributed by atoms with Crippen LogP contribution >= 0.6 is 11.8 Å². The number of thioether (sulfide) groups is 1. The van der Waals surface area contributed by atoms with Gasteiger partial charge < -0.3 is 20.6 Å². The number of nitrogens with one attached hydrogen (secondary N) is 3. The molecule has 3 aliphatic rings. The maximum atomic E-state index is 13.0. The highest BCUT2D eigenvalue weighted by atomic mass is 32.2. The highest BCUT2D eigenvalue weighted by molar-refractivity contribution is 7.98. The van der Waals surface area contributed by atoms with Crippen LogP contribution in [0.15, 0.2) is 9.55 Å². The second-order valence-corrected chi connectivity index (χ2v) is 10.7. The lowest BCUT2D eigenvalue weighted by molar-refractivity contribution is -0.128. The van der Waals surface area contributed by atoms with Crippen molar-refractivity contribution in [2.24, 2.45) is 0 Å². The number of hydrogen-bond acceptors (Lipinski definition) is 9. The first-order chi connectivity index (χ1) is 17.4. The molecule has 1 spiro atoms. The minimum Gasteiger partial charge on any atom is -0.365 e. The Morgan fingerprint density at radius 3 is 2.67 bits per heavy atom. The van der Waals surface area contributed by atoms with E-state index in [1.165, 1.54) is 18.2 Å². The molecule has 0 unspecified atom stereocenters. The Morgan fingerprint density at radius 2 is 2.00 bits per heavy atom. The summed E-state index contributed by atoms with van der Waals surface area (Å²) in [4.78, 5) is 22.8. The number of aromatic nitrogens is 3. The molecule has 36 heavy (non-hydrogen) atoms. The van der Waals surface area contributed by atoms with E-state index < -0.39 is 5.41 Å². The molecule has 2 aromatic heterocycles. The van der Waals surface area contributed by atoms with Gasteiger partial charge in [0.2, 0.25) is 0 Å². The van der Waals surface area contributed by atoms with Gasteiger partial charge in [0.1, 0.15) is 16.6 Å². The Kier molecular flexibility index (Phi) is 8.50. The van der Waals surface area contributed by atoms with E-state index in [9.17, 15) is 4.79 Å². The minimum atomic E-state index is -0.519. The first-order valence-corrected chi connectivity index (χ1v) is 14.7. The summed E-state index contributed by atoms with van der Waals surface area (Å²) < 4.78 is 5.93. The van der Waals surface area contributed by atoms with Gasteiger partial charge in [-0.3, -0.25) is 4.79 Å². The van der Waals surface area contributed by atoms with Gasteiger partial charge in [0.25, 0.3) is 0 Å². The van der Waals surface area contributed by atoms with Gasteiger partial charge in [0.15, 0.2) is 17.3 Å². The van der Waals surface area contributed by atoms with E-state index in [2.05, 4.69) is 22.7 Å². The van der Waals surface area contributed by atoms with Crippen molar-refractivity contribution in [2.45, 2.75) is 108 Å². The molecule has 5 rings (SSSR count). The van der Waals surface area contributed by atoms with Gasteiger partial charge in [-0.2, -0.15) is 0 Å². The number of nitrogens with zero attached hydrogens (tertiary/aromatic N) is 3. The van der Waals surface area contributed by atoms with Crippen LogP contribution in [0.3, 0.4) is 0 Å². The quantitative estimate of drug-likeness (QED) is 0.252. The number of carbonyl (C=O) groups is 1. The predicted octanol–water partition coefficient (Wildman–Crippen LogP) is 5.78. The van der Waals surface area contributed by atoms with Crippen molar-refractivity contribution in [3.8, 4) is 11.5 Å². The number of Topliss-reactive ketones (excluding diaryl/α,β-unsaturated/α-hetero) is 1. The molecule has 198 valence electrons. The lowest BCUT2D eigenvalue weighted by atomic mass is 9.64. The Morgan fingerprint density at radius 1 is 1.22 bits per heavy atom. The molecule has 2 aliphatic carbocycles. The second kappa shape index (κ2) is 11.4. The van der Waals surface area contributed by atoms with E-state index in [-0.39, 0.29) is 7.47 Å². The Bertz CT molecular complexity index is 1120. The summed E-state index contributed by atoms with van der Waals surface area (Å²) in [6.45, 7) is 8.96. The molecule has 0 amide bonds. The van der Waals surface area contributed by atoms with Crippen molar-refractivity contribution < 1.29 is 10.7 Å². The zero-order chi connectivity index (χ0) is 25.9. The van der Waals surface area contributed by atoms with E-state index in [1.54, 1.807) is 6.92 Å². The maximum Gasteiger partial charge on any atom is 0.185 e. The summed E-state index contributed by atoms with van der Waals surface area (Å²) >= 11 is 1.51. The normalized spacial score (nSPS) is 24.1. The first kappa shape index (κ1) is 26.8. The molecule has 1 saturated heterocycles. The van der Waals surface area contributed by atoms with Gasteiger partial charge in [-0.25, -0.2) is 9.97 Å². The molecule has 2 fully saturated rings. The van der Waals surface area contributed by atoms with Gasteiger partial charge in [-0.15, -0.1) is 11.8 Å². The van der Waals surface area contributed by atoms with Crippen LogP contribution in [-0.4, -0.2) is 51.5 Å². The van der Waals surface area contributed by atoms with E-state index in [0.29, 0.717) is 41.3 Å². The van der Waals surface area contributed by atoms with Crippen molar-refractivity contribution in [1.82, 2.24) is 20.4 Å². The molecule has 0 aromatic carbocycles. The third-order valence-electron chi connectivity index (χ3n) is 7.77. The summed E-state index contributed by atoms with van der Waals surface area (Å²) in [6.07, 6.45) is 10.3. The van der Waals surface area contributed by atoms with Gasteiger partial charge in [-0.1, -0.05) is 25.4 Å². The average Bonchev–Trinajstić information content (AvgIpc) is 3.58. The Balaban J connectivity index is 0.00000124. The molecular formula is C27H42N6O2S. The molecule has 0 bridgehead atoms. The van der Waals surface area contributed by atoms with Crippen LogP contribution in [0.4, 0.5) is 5.82 Å². The monoisotopic (exact) mass is 514 g/mol. The number of rotatable bonds is 6. The number of hydrogen-bond donors (Lipinski definition) is 3. The average molecular weight is 515 g/mol. The number of ketones is 1. The van der Waals surface area contributed by atoms with Crippen molar-refractivity contribution >= 4 is 29.1 Å². The highest BCUT2D eigenvalue weighted by Crippen LogP contribution is 2.47. The van der Waals surface area contributed by atoms with Crippen molar-refractivity contribution in [3.05, 3.63) is 16.9 Å². The van der Waals surface area contributed by atoms with E-state index in [0.717, 1.165) is 73.4 Å². The SMILES string of the molecule is CC.CSc1nc(-c2noc3c2CCC[C@@]32CCCCC2=O)nc(N[C@@H](C)[C@@H]2CCCN2)c1C(C)=N.[HH]. The topological polar surface area (TPSA) is 117 Å². The third kappa shape index (κ3) is 4.84. The standard InChI is InChI=1S/C25H34N6O2S.C2H6.H2/c1-14(26)19-22(28-15(2)17-9-7-13-27-17)29-23(30-24(19)34-3)20-16-8-6-12-25(21(16)33-31-20)11-5-4-10-18(25)32;1-2;/h15,17,26-27H,4-13H2,1-3H3,(H,28,29,30);1-2H3;1H/t15-,17-,25+;;/m0../s1. The van der Waals surface area contributed by atoms with Crippen LogP contribution in [0, 0.1) is 5.41 Å². The molecule has 3 N–H and O–H groups in total. The van der Waals surface area contributed by atoms with E-state index in [1.807, 2.05) is 20.1 Å². The molecule has 0 radical (unpaired) electrons. The van der Waals surface area contributed by atoms with E-state index >= 15 is 0 Å². The van der Waals surface area contributed by atoms with Crippen LogP contribution in [0.5, 0.6) is 0 Å². The van der Waals surface area contributed by atoms with Crippen LogP contribution in [0.25, 0.3) is 11.5 Å². The number of fused-ring (bicyclic) bond motifs is 2. The van der Waals surface area contributed by atoms with Crippen LogP contribution in [0.1, 0.15) is 97.4 Å². The summed E-state index contributed by atoms with van der Waals surface area (Å²) in [5.41, 5.74) is 2.28. The lowest BCUT2D eigenvalue weighted by Crippen LogP contribution is -2.41. The first-order valence-electron chi connectivity index (χ1n) is 13.5. The fraction of sp³-hybridized carbons (Fsp3) is 0.667. The fourth-order valence-corrected chi connectivity index (χ4v) is 6.59. The maximum absolute atomic E-state index is 13.0. The highest BCUT2D eigenvalue weighted by Gasteiger charge is 2.48. The molecule has 1 saturated carbocycles. The molecule has 3 heterocycles. The Labute approximate surface area is 220 Å². The smallest absolute Gasteiger partial charge is 0.185 e. The van der Waals surface area contributed by atoms with Crippen molar-refractivity contribution in [2.75, 3.05) is 18.1 Å². The van der Waals surface area contributed by atoms with Gasteiger partial charge in [-0.05, 0) is 71.6 Å². The Hall–Kier alpha value is -2.26. The molecule has 9 heteroatoms. The summed E-state index contributed by atoms with van der Waals surface area (Å²) in [5, 5.41) is 20.7. The zero-order valence-corrected chi connectivity index (χ0v) is 23.1. The molecular weight excluding hydrogens is 472 g/mol. The zero-order valence-electron chi connectivity index (χ0n) is 22.3. The summed E-state index contributed by atoms with van der Waals surface area (Å²) in [7, 11) is 0. The molecule has 2 aromatic rings. The fourth-order valence-electron chi connectivity index (χ4n) is 5.96. The molecule has 1 aliphatic heterocycles. The van der Waals surface area contributed by atoms with Gasteiger partial charge >= 0.3 is 0 Å². The lowest BCUT2D eigenvalue weighted by Gasteiger charge is -2.36. The van der Waals surface area contributed by atoms with Crippen molar-refractivity contribution in [1.29, 1.82) is 5.41 Å². The molecule has 8 nitrogen and oxygen atoms in total. The van der Waals surface area contributed by atoms with Crippen LogP contribution in [0.2, 0.25) is 0 Å². The van der Waals surface area contributed by atoms with Crippen LogP contribution < -0.4 is 10.6 Å². The molecule has 3 atom stereocenters. The van der Waals surface area contributed by atoms with E-state index in [4.69, 9.17) is 19.9 Å². The third-order valence-corrected chi connectivity index (χ3v) is 8.45. The minimum absolute atomic E-state index is 0. The van der Waals surface area contributed by atoms with Crippen LogP contribution in [-0.2, 0) is 16.6 Å². The number of carbonyl (C=O) groups excluding carboxylic acids is 1. The van der Waals surface area contributed by atoms with Gasteiger partial charge in [0.05, 0.1) is 11.0 Å². The van der Waals surface area contributed by atoms with Crippen molar-refractivity contribution in [3.63, 3.8) is 0 Å². The summed E-state index contributed by atoms with van der Waals surface area (Å²) in [5.74, 6) is 2.22.